The van der Waals surface area contributed by atoms with Gasteiger partial charge in [-0.15, -0.1) is 0 Å². The van der Waals surface area contributed by atoms with E-state index >= 15 is 0 Å². The van der Waals surface area contributed by atoms with Crippen molar-refractivity contribution in [3.8, 4) is 11.5 Å². The van der Waals surface area contributed by atoms with Crippen LogP contribution < -0.4 is 10.1 Å². The average Bonchev–Trinajstić information content (AvgIpc) is 2.72. The second-order valence-corrected chi connectivity index (χ2v) is 8.61. The van der Waals surface area contributed by atoms with E-state index in [0.717, 1.165) is 34.5 Å². The van der Waals surface area contributed by atoms with Crippen LogP contribution >= 0.6 is 22.6 Å². The number of hydrogen-bond acceptors (Lipinski definition) is 4. The maximum Gasteiger partial charge on any atom is 0.257 e. The Hall–Kier alpha value is -2.45. The first-order chi connectivity index (χ1) is 14.9. The number of rotatable bonds is 9. The second kappa shape index (κ2) is 11.2. The molecule has 3 aromatic rings. The first kappa shape index (κ1) is 23.2. The molecule has 0 fully saturated rings. The molecule has 1 N–H and O–H groups in total. The zero-order chi connectivity index (χ0) is 22.2. The molecule has 1 atom stereocenters. The number of nitrogens with zero attached hydrogens (tertiary/aromatic N) is 1. The zero-order valence-electron chi connectivity index (χ0n) is 18.0. The smallest absolute Gasteiger partial charge is 0.257 e. The Kier molecular flexibility index (Phi) is 8.43. The standard InChI is InChI=1S/C25H27IN2O3/c1-4-13-30-17(2)14-21-11-12-24(18(3)27-21)25(29)28-20-8-6-10-23(16-20)31-22-9-5-7-19(26)15-22/h5-12,15-17H,4,13-14H2,1-3H3,(H,28,29). The molecular formula is C25H27IN2O3. The quantitative estimate of drug-likeness (QED) is 0.326. The SMILES string of the molecule is CCCOC(C)Cc1ccc(C(=O)Nc2cccc(Oc3cccc(I)c3)c2)c(C)n1. The predicted octanol–water partition coefficient (Wildman–Crippen LogP) is 6.40. The van der Waals surface area contributed by atoms with E-state index in [0.29, 0.717) is 22.7 Å². The average molecular weight is 530 g/mol. The van der Waals surface area contributed by atoms with Gasteiger partial charge in [-0.1, -0.05) is 19.1 Å². The van der Waals surface area contributed by atoms with Crippen LogP contribution in [0, 0.1) is 10.5 Å². The number of pyridine rings is 1. The van der Waals surface area contributed by atoms with Gasteiger partial charge in [0.15, 0.2) is 0 Å². The lowest BCUT2D eigenvalue weighted by molar-refractivity contribution is 0.0663. The number of amides is 1. The number of ether oxygens (including phenoxy) is 2. The highest BCUT2D eigenvalue weighted by Crippen LogP contribution is 2.25. The van der Waals surface area contributed by atoms with Gasteiger partial charge in [0.25, 0.3) is 5.91 Å². The minimum Gasteiger partial charge on any atom is -0.457 e. The lowest BCUT2D eigenvalue weighted by Gasteiger charge is -2.13. The topological polar surface area (TPSA) is 60.5 Å². The molecule has 0 aliphatic carbocycles. The van der Waals surface area contributed by atoms with Crippen LogP contribution in [-0.2, 0) is 11.2 Å². The molecule has 3 rings (SSSR count). The van der Waals surface area contributed by atoms with Crippen molar-refractivity contribution in [2.75, 3.05) is 11.9 Å². The molecule has 0 aliphatic heterocycles. The molecule has 1 aromatic heterocycles. The molecular weight excluding hydrogens is 503 g/mol. The fourth-order valence-electron chi connectivity index (χ4n) is 3.14. The van der Waals surface area contributed by atoms with E-state index in [-0.39, 0.29) is 12.0 Å². The van der Waals surface area contributed by atoms with E-state index in [9.17, 15) is 4.79 Å². The van der Waals surface area contributed by atoms with Crippen LogP contribution in [0.25, 0.3) is 0 Å². The summed E-state index contributed by atoms with van der Waals surface area (Å²) in [5, 5.41) is 2.94. The van der Waals surface area contributed by atoms with Crippen molar-refractivity contribution in [3.63, 3.8) is 0 Å². The molecule has 0 aliphatic rings. The van der Waals surface area contributed by atoms with Crippen LogP contribution in [0.2, 0.25) is 0 Å². The molecule has 2 aromatic carbocycles. The molecule has 31 heavy (non-hydrogen) atoms. The van der Waals surface area contributed by atoms with E-state index < -0.39 is 0 Å². The minimum atomic E-state index is -0.196. The highest BCUT2D eigenvalue weighted by Gasteiger charge is 2.13. The van der Waals surface area contributed by atoms with E-state index in [1.165, 1.54) is 0 Å². The summed E-state index contributed by atoms with van der Waals surface area (Å²) in [7, 11) is 0. The van der Waals surface area contributed by atoms with Crippen LogP contribution in [0.4, 0.5) is 5.69 Å². The fraction of sp³-hybridized carbons (Fsp3) is 0.280. The van der Waals surface area contributed by atoms with Gasteiger partial charge in [0.05, 0.1) is 17.4 Å². The third-order valence-electron chi connectivity index (χ3n) is 4.61. The number of halogens is 1. The highest BCUT2D eigenvalue weighted by atomic mass is 127. The summed E-state index contributed by atoms with van der Waals surface area (Å²) in [5.74, 6) is 1.22. The largest absolute Gasteiger partial charge is 0.457 e. The molecule has 0 saturated heterocycles. The fourth-order valence-corrected chi connectivity index (χ4v) is 3.66. The van der Waals surface area contributed by atoms with Crippen LogP contribution in [0.15, 0.2) is 60.7 Å². The number of carbonyl (C=O) groups is 1. The number of aryl methyl sites for hydroxylation is 1. The minimum absolute atomic E-state index is 0.0992. The number of benzene rings is 2. The Bertz CT molecular complexity index is 1040. The Balaban J connectivity index is 1.66. The summed E-state index contributed by atoms with van der Waals surface area (Å²) in [6.07, 6.45) is 1.81. The van der Waals surface area contributed by atoms with Crippen LogP contribution in [0.3, 0.4) is 0 Å². The monoisotopic (exact) mass is 530 g/mol. The molecule has 1 amide bonds. The molecule has 5 nitrogen and oxygen atoms in total. The molecule has 1 heterocycles. The van der Waals surface area contributed by atoms with E-state index in [4.69, 9.17) is 9.47 Å². The Morgan fingerprint density at radius 3 is 2.55 bits per heavy atom. The van der Waals surface area contributed by atoms with E-state index in [1.807, 2.05) is 74.5 Å². The summed E-state index contributed by atoms with van der Waals surface area (Å²) in [6.45, 7) is 6.73. The summed E-state index contributed by atoms with van der Waals surface area (Å²) in [6, 6.07) is 18.9. The van der Waals surface area contributed by atoms with Crippen molar-refractivity contribution in [2.45, 2.75) is 39.7 Å². The van der Waals surface area contributed by atoms with Crippen molar-refractivity contribution >= 4 is 34.2 Å². The van der Waals surface area contributed by atoms with Gasteiger partial charge in [0.2, 0.25) is 0 Å². The van der Waals surface area contributed by atoms with Crippen LogP contribution in [0.5, 0.6) is 11.5 Å². The summed E-state index contributed by atoms with van der Waals surface area (Å²) < 4.78 is 12.7. The summed E-state index contributed by atoms with van der Waals surface area (Å²) in [4.78, 5) is 17.4. The lowest BCUT2D eigenvalue weighted by atomic mass is 10.1. The predicted molar refractivity (Wildman–Crippen MR) is 132 cm³/mol. The molecule has 0 spiro atoms. The third-order valence-corrected chi connectivity index (χ3v) is 5.29. The first-order valence-electron chi connectivity index (χ1n) is 10.4. The number of aromatic nitrogens is 1. The van der Waals surface area contributed by atoms with Gasteiger partial charge < -0.3 is 14.8 Å². The van der Waals surface area contributed by atoms with E-state index in [2.05, 4.69) is 39.8 Å². The molecule has 6 heteroatoms. The van der Waals surface area contributed by atoms with Crippen molar-refractivity contribution in [1.82, 2.24) is 4.98 Å². The van der Waals surface area contributed by atoms with Gasteiger partial charge in [-0.25, -0.2) is 0 Å². The number of hydrogen-bond donors (Lipinski definition) is 1. The van der Waals surface area contributed by atoms with Crippen molar-refractivity contribution < 1.29 is 14.3 Å². The normalized spacial score (nSPS) is 11.7. The van der Waals surface area contributed by atoms with E-state index in [1.54, 1.807) is 0 Å². The van der Waals surface area contributed by atoms with Crippen LogP contribution in [-0.4, -0.2) is 23.6 Å². The number of carbonyl (C=O) groups excluding carboxylic acids is 1. The van der Waals surface area contributed by atoms with Gasteiger partial charge in [-0.2, -0.15) is 0 Å². The van der Waals surface area contributed by atoms with Gasteiger partial charge in [-0.05, 0) is 85.3 Å². The molecule has 0 saturated carbocycles. The van der Waals surface area contributed by atoms with Crippen molar-refractivity contribution in [3.05, 3.63) is 81.2 Å². The first-order valence-corrected chi connectivity index (χ1v) is 11.5. The Labute approximate surface area is 197 Å². The summed E-state index contributed by atoms with van der Waals surface area (Å²) in [5.41, 5.74) is 2.84. The van der Waals surface area contributed by atoms with Crippen LogP contribution in [0.1, 0.15) is 42.0 Å². The van der Waals surface area contributed by atoms with Crippen molar-refractivity contribution in [1.29, 1.82) is 0 Å². The number of nitrogens with one attached hydrogen (secondary N) is 1. The molecule has 1 unspecified atom stereocenters. The van der Waals surface area contributed by atoms with Crippen molar-refractivity contribution in [2.24, 2.45) is 0 Å². The third kappa shape index (κ3) is 7.04. The van der Waals surface area contributed by atoms with Gasteiger partial charge >= 0.3 is 0 Å². The lowest BCUT2D eigenvalue weighted by Crippen LogP contribution is -2.16. The second-order valence-electron chi connectivity index (χ2n) is 7.36. The van der Waals surface area contributed by atoms with Gasteiger partial charge in [0, 0.05) is 34.0 Å². The molecule has 0 bridgehead atoms. The maximum absolute atomic E-state index is 12.8. The van der Waals surface area contributed by atoms with Gasteiger partial charge in [-0.3, -0.25) is 9.78 Å². The zero-order valence-corrected chi connectivity index (χ0v) is 20.2. The highest BCUT2D eigenvalue weighted by molar-refractivity contribution is 14.1. The maximum atomic E-state index is 12.8. The molecule has 0 radical (unpaired) electrons. The Morgan fingerprint density at radius 1 is 1.10 bits per heavy atom. The molecule has 162 valence electrons. The number of anilines is 1. The Morgan fingerprint density at radius 2 is 1.84 bits per heavy atom. The van der Waals surface area contributed by atoms with Gasteiger partial charge in [0.1, 0.15) is 11.5 Å². The summed E-state index contributed by atoms with van der Waals surface area (Å²) >= 11 is 2.24.